The first-order valence-corrected chi connectivity index (χ1v) is 7.44. The van der Waals surface area contributed by atoms with Crippen molar-refractivity contribution in [3.63, 3.8) is 0 Å². The summed E-state index contributed by atoms with van der Waals surface area (Å²) in [6.45, 7) is 3.08. The first kappa shape index (κ1) is 17.6. The van der Waals surface area contributed by atoms with Gasteiger partial charge >= 0.3 is 0 Å². The van der Waals surface area contributed by atoms with E-state index in [1.54, 1.807) is 44.2 Å². The van der Waals surface area contributed by atoms with E-state index in [0.29, 0.717) is 27.7 Å². The van der Waals surface area contributed by atoms with Crippen molar-refractivity contribution < 1.29 is 18.8 Å². The molecule has 8 heteroatoms. The number of halogens is 1. The third-order valence-corrected chi connectivity index (χ3v) is 3.37. The molecule has 2 rings (SSSR count). The minimum atomic E-state index is -0.566. The van der Waals surface area contributed by atoms with Crippen molar-refractivity contribution in [2.45, 2.75) is 13.8 Å². The van der Waals surface area contributed by atoms with E-state index in [4.69, 9.17) is 16.0 Å². The lowest BCUT2D eigenvalue weighted by molar-refractivity contribution is -0.120. The van der Waals surface area contributed by atoms with Crippen LogP contribution in [0.15, 0.2) is 34.7 Å². The summed E-state index contributed by atoms with van der Waals surface area (Å²) in [5, 5.41) is 2.94. The molecule has 3 N–H and O–H groups in total. The van der Waals surface area contributed by atoms with Crippen LogP contribution < -0.4 is 16.2 Å². The number of benzene rings is 1. The van der Waals surface area contributed by atoms with E-state index in [9.17, 15) is 14.4 Å². The average molecular weight is 350 g/mol. The van der Waals surface area contributed by atoms with Crippen LogP contribution in [0.5, 0.6) is 0 Å². The molecule has 0 radical (unpaired) electrons. The summed E-state index contributed by atoms with van der Waals surface area (Å²) in [5.74, 6) is -0.436. The van der Waals surface area contributed by atoms with E-state index in [0.717, 1.165) is 0 Å². The van der Waals surface area contributed by atoms with Crippen molar-refractivity contribution in [1.82, 2.24) is 16.2 Å². The molecule has 0 unspecified atom stereocenters. The second kappa shape index (κ2) is 7.65. The molecular formula is C16H16ClN3O4. The number of carbonyl (C=O) groups excluding carboxylic acids is 3. The van der Waals surface area contributed by atoms with Crippen molar-refractivity contribution >= 4 is 29.3 Å². The zero-order valence-electron chi connectivity index (χ0n) is 13.1. The second-order valence-corrected chi connectivity index (χ2v) is 5.46. The molecule has 7 nitrogen and oxygen atoms in total. The van der Waals surface area contributed by atoms with Crippen LogP contribution in [0.4, 0.5) is 0 Å². The van der Waals surface area contributed by atoms with Crippen LogP contribution in [0, 0.1) is 13.8 Å². The van der Waals surface area contributed by atoms with Crippen LogP contribution in [-0.2, 0) is 4.79 Å². The van der Waals surface area contributed by atoms with E-state index in [2.05, 4.69) is 16.2 Å². The van der Waals surface area contributed by atoms with Gasteiger partial charge in [-0.15, -0.1) is 0 Å². The molecule has 2 aromatic rings. The summed E-state index contributed by atoms with van der Waals surface area (Å²) in [4.78, 5) is 35.4. The van der Waals surface area contributed by atoms with Gasteiger partial charge in [-0.2, -0.15) is 0 Å². The van der Waals surface area contributed by atoms with Crippen molar-refractivity contribution in [3.05, 3.63) is 58.0 Å². The zero-order valence-corrected chi connectivity index (χ0v) is 13.9. The van der Waals surface area contributed by atoms with Crippen molar-refractivity contribution in [3.8, 4) is 0 Å². The Hall–Kier alpha value is -2.80. The first-order chi connectivity index (χ1) is 11.4. The largest absolute Gasteiger partial charge is 0.466 e. The number of rotatable bonds is 4. The van der Waals surface area contributed by atoms with Crippen LogP contribution in [-0.4, -0.2) is 24.3 Å². The van der Waals surface area contributed by atoms with Gasteiger partial charge in [0.15, 0.2) is 0 Å². The molecule has 1 aromatic heterocycles. The smallest absolute Gasteiger partial charge is 0.273 e. The molecule has 1 heterocycles. The Morgan fingerprint density at radius 2 is 1.71 bits per heavy atom. The molecule has 126 valence electrons. The summed E-state index contributed by atoms with van der Waals surface area (Å²) < 4.78 is 5.24. The molecule has 0 aliphatic heterocycles. The quantitative estimate of drug-likeness (QED) is 0.732. The third kappa shape index (κ3) is 4.60. The summed E-state index contributed by atoms with van der Waals surface area (Å²) in [6.07, 6.45) is 0. The van der Waals surface area contributed by atoms with Gasteiger partial charge in [0.05, 0.1) is 12.1 Å². The summed E-state index contributed by atoms with van der Waals surface area (Å²) in [5.41, 5.74) is 5.18. The fourth-order valence-electron chi connectivity index (χ4n) is 1.96. The van der Waals surface area contributed by atoms with Crippen molar-refractivity contribution in [1.29, 1.82) is 0 Å². The predicted molar refractivity (Wildman–Crippen MR) is 87.6 cm³/mol. The number of amides is 3. The average Bonchev–Trinajstić information content (AvgIpc) is 2.89. The molecule has 0 bridgehead atoms. The van der Waals surface area contributed by atoms with Gasteiger partial charge in [-0.3, -0.25) is 25.2 Å². The molecule has 0 saturated heterocycles. The van der Waals surface area contributed by atoms with Gasteiger partial charge in [-0.1, -0.05) is 11.6 Å². The van der Waals surface area contributed by atoms with Crippen LogP contribution in [0.2, 0.25) is 5.02 Å². The van der Waals surface area contributed by atoms with Gasteiger partial charge < -0.3 is 9.73 Å². The molecule has 24 heavy (non-hydrogen) atoms. The maximum atomic E-state index is 11.9. The molecule has 0 atom stereocenters. The second-order valence-electron chi connectivity index (χ2n) is 5.02. The molecule has 0 fully saturated rings. The molecule has 1 aromatic carbocycles. The highest BCUT2D eigenvalue weighted by Gasteiger charge is 2.14. The summed E-state index contributed by atoms with van der Waals surface area (Å²) in [7, 11) is 0. The van der Waals surface area contributed by atoms with E-state index >= 15 is 0 Å². The molecule has 0 saturated carbocycles. The minimum absolute atomic E-state index is 0.287. The predicted octanol–water partition coefficient (Wildman–Crippen LogP) is 1.74. The molecule has 0 aliphatic rings. The molecule has 0 aliphatic carbocycles. The number of nitrogens with one attached hydrogen (secondary N) is 3. The Balaban J connectivity index is 1.79. The highest BCUT2D eigenvalue weighted by Crippen LogP contribution is 2.12. The first-order valence-electron chi connectivity index (χ1n) is 7.07. The fraction of sp³-hybridized carbons (Fsp3) is 0.188. The maximum Gasteiger partial charge on any atom is 0.273 e. The lowest BCUT2D eigenvalue weighted by Gasteiger charge is -2.08. The SMILES string of the molecule is Cc1cc(C(=O)NNC(=O)CNC(=O)c2ccc(Cl)cc2)c(C)o1. The van der Waals surface area contributed by atoms with E-state index < -0.39 is 17.7 Å². The van der Waals surface area contributed by atoms with Crippen LogP contribution in [0.25, 0.3) is 0 Å². The van der Waals surface area contributed by atoms with Gasteiger partial charge in [0.1, 0.15) is 11.5 Å². The highest BCUT2D eigenvalue weighted by molar-refractivity contribution is 6.30. The Kier molecular flexibility index (Phi) is 5.59. The lowest BCUT2D eigenvalue weighted by atomic mass is 10.2. The molecular weight excluding hydrogens is 334 g/mol. The number of aryl methyl sites for hydroxylation is 2. The van der Waals surface area contributed by atoms with Crippen molar-refractivity contribution in [2.75, 3.05) is 6.54 Å². The number of carbonyl (C=O) groups is 3. The van der Waals surface area contributed by atoms with E-state index in [1.165, 1.54) is 0 Å². The van der Waals surface area contributed by atoms with Gasteiger partial charge in [-0.25, -0.2) is 0 Å². The van der Waals surface area contributed by atoms with Gasteiger partial charge in [0, 0.05) is 10.6 Å². The van der Waals surface area contributed by atoms with Gasteiger partial charge in [0.2, 0.25) is 0 Å². The Morgan fingerprint density at radius 1 is 1.04 bits per heavy atom. The lowest BCUT2D eigenvalue weighted by Crippen LogP contribution is -2.46. The molecule has 0 spiro atoms. The Bertz CT molecular complexity index is 768. The fourth-order valence-corrected chi connectivity index (χ4v) is 2.08. The van der Waals surface area contributed by atoms with E-state index in [1.807, 2.05) is 0 Å². The summed E-state index contributed by atoms with van der Waals surface area (Å²) >= 11 is 5.74. The Labute approximate surface area is 143 Å². The van der Waals surface area contributed by atoms with Crippen LogP contribution in [0.1, 0.15) is 32.2 Å². The molecule has 3 amide bonds. The topological polar surface area (TPSA) is 100 Å². The minimum Gasteiger partial charge on any atom is -0.466 e. The van der Waals surface area contributed by atoms with Crippen LogP contribution in [0.3, 0.4) is 0 Å². The van der Waals surface area contributed by atoms with Gasteiger partial charge in [0.25, 0.3) is 17.7 Å². The maximum absolute atomic E-state index is 11.9. The van der Waals surface area contributed by atoms with Crippen molar-refractivity contribution in [2.24, 2.45) is 0 Å². The monoisotopic (exact) mass is 349 g/mol. The number of hydrazine groups is 1. The highest BCUT2D eigenvalue weighted by atomic mass is 35.5. The number of hydrogen-bond acceptors (Lipinski definition) is 4. The third-order valence-electron chi connectivity index (χ3n) is 3.12. The Morgan fingerprint density at radius 3 is 2.29 bits per heavy atom. The van der Waals surface area contributed by atoms with Gasteiger partial charge in [-0.05, 0) is 44.2 Å². The summed E-state index contributed by atoms with van der Waals surface area (Å²) in [6, 6.07) is 7.81. The number of hydrogen-bond donors (Lipinski definition) is 3. The van der Waals surface area contributed by atoms with E-state index in [-0.39, 0.29) is 6.54 Å². The number of furan rings is 1. The van der Waals surface area contributed by atoms with Crippen LogP contribution >= 0.6 is 11.6 Å². The zero-order chi connectivity index (χ0) is 17.7. The normalized spacial score (nSPS) is 10.1. The standard InChI is InChI=1S/C16H16ClN3O4/c1-9-7-13(10(2)24-9)16(23)20-19-14(21)8-18-15(22)11-3-5-12(17)6-4-11/h3-7H,8H2,1-2H3,(H,18,22)(H,19,21)(H,20,23).